The number of nitrogens with zero attached hydrogens (tertiary/aromatic N) is 5. The molecule has 8 heteroatoms. The molecule has 1 aromatic carbocycles. The number of carbonyl (C=O) groups is 1. The zero-order valence-corrected chi connectivity index (χ0v) is 19.7. The summed E-state index contributed by atoms with van der Waals surface area (Å²) in [5.74, 6) is 0.778. The average Bonchev–Trinajstić information content (AvgIpc) is 3.64. The fourth-order valence-corrected chi connectivity index (χ4v) is 4.81. The Morgan fingerprint density at radius 2 is 1.97 bits per heavy atom. The first kappa shape index (κ1) is 22.1. The van der Waals surface area contributed by atoms with Crippen molar-refractivity contribution >= 4 is 17.6 Å². The van der Waals surface area contributed by atoms with Crippen LogP contribution in [0.2, 0.25) is 0 Å². The van der Waals surface area contributed by atoms with Gasteiger partial charge in [0.15, 0.2) is 0 Å². The van der Waals surface area contributed by atoms with E-state index in [-0.39, 0.29) is 18.0 Å². The van der Waals surface area contributed by atoms with E-state index in [0.29, 0.717) is 12.0 Å². The average molecular weight is 451 g/mol. The molecule has 0 spiro atoms. The van der Waals surface area contributed by atoms with E-state index >= 15 is 0 Å². The van der Waals surface area contributed by atoms with Crippen LogP contribution >= 0.6 is 0 Å². The highest BCUT2D eigenvalue weighted by Gasteiger charge is 2.37. The number of fused-ring (bicyclic) bond motifs is 1. The molecular formula is C25H34N6O2. The number of hydrogen-bond acceptors (Lipinski definition) is 7. The molecule has 3 aliphatic heterocycles. The fraction of sp³-hybridized carbons (Fsp3) is 0.520. The van der Waals surface area contributed by atoms with Crippen molar-refractivity contribution in [1.82, 2.24) is 25.0 Å². The molecule has 1 aromatic rings. The predicted molar refractivity (Wildman–Crippen MR) is 128 cm³/mol. The summed E-state index contributed by atoms with van der Waals surface area (Å²) in [4.78, 5) is 18.6. The maximum Gasteiger partial charge on any atom is 0.229 e. The van der Waals surface area contributed by atoms with Crippen molar-refractivity contribution in [3.63, 3.8) is 0 Å². The predicted octanol–water partition coefficient (Wildman–Crippen LogP) is 1.98. The number of likely N-dealkylation sites (N-methyl/N-ethyl adjacent to an activating group) is 2. The molecule has 0 aromatic heterocycles. The molecule has 3 atom stereocenters. The van der Waals surface area contributed by atoms with Crippen LogP contribution in [0.15, 0.2) is 47.6 Å². The molecule has 1 amide bonds. The number of aliphatic hydroxyl groups excluding tert-OH is 1. The van der Waals surface area contributed by atoms with Gasteiger partial charge in [-0.15, -0.1) is 5.10 Å². The summed E-state index contributed by atoms with van der Waals surface area (Å²) >= 11 is 0. The van der Waals surface area contributed by atoms with Gasteiger partial charge in [0.05, 0.1) is 5.70 Å². The maximum atomic E-state index is 12.3. The Hall–Kier alpha value is -2.68. The number of hydrazone groups is 1. The fourth-order valence-electron chi connectivity index (χ4n) is 4.81. The Bertz CT molecular complexity index is 981. The number of likely N-dealkylation sites (tertiary alicyclic amines) is 1. The lowest BCUT2D eigenvalue weighted by atomic mass is 10.0. The lowest BCUT2D eigenvalue weighted by Gasteiger charge is -2.38. The van der Waals surface area contributed by atoms with Crippen LogP contribution in [-0.4, -0.2) is 83.1 Å². The standard InChI is InChI=1S/C25H34N6O2/c1-28(2)20-6-5-15-30(16-20)24(33)19-13-9-17(10-14-19)21-7-4-8-22-29(3)25(27-31(21)22)26-23(32)18-11-12-18/h4,7-10,13-14,18,20,22,24,33H,5-6,11-12,15-16H2,1-3H3,(H,26,27,32). The summed E-state index contributed by atoms with van der Waals surface area (Å²) in [5.41, 5.74) is 2.90. The van der Waals surface area contributed by atoms with Crippen LogP contribution in [-0.2, 0) is 4.79 Å². The second kappa shape index (κ2) is 8.93. The largest absolute Gasteiger partial charge is 0.374 e. The zero-order chi connectivity index (χ0) is 23.1. The highest BCUT2D eigenvalue weighted by atomic mass is 16.3. The van der Waals surface area contributed by atoms with E-state index in [4.69, 9.17) is 5.10 Å². The second-order valence-electron chi connectivity index (χ2n) is 9.74. The molecule has 0 bridgehead atoms. The highest BCUT2D eigenvalue weighted by molar-refractivity contribution is 5.99. The van der Waals surface area contributed by atoms with Gasteiger partial charge in [0.2, 0.25) is 11.9 Å². The molecule has 2 fully saturated rings. The molecule has 3 unspecified atom stereocenters. The van der Waals surface area contributed by atoms with Crippen molar-refractivity contribution in [1.29, 1.82) is 0 Å². The summed E-state index contributed by atoms with van der Waals surface area (Å²) in [5, 5.41) is 20.6. The molecule has 5 rings (SSSR count). The minimum Gasteiger partial charge on any atom is -0.374 e. The number of allylic oxidation sites excluding steroid dienone is 2. The third kappa shape index (κ3) is 4.43. The lowest BCUT2D eigenvalue weighted by Crippen LogP contribution is -2.46. The minimum absolute atomic E-state index is 0.0579. The first-order valence-electron chi connectivity index (χ1n) is 11.9. The number of piperidine rings is 1. The Morgan fingerprint density at radius 1 is 1.21 bits per heavy atom. The number of benzene rings is 1. The molecule has 1 saturated carbocycles. The summed E-state index contributed by atoms with van der Waals surface area (Å²) in [6, 6.07) is 8.58. The normalized spacial score (nSPS) is 26.2. The Balaban J connectivity index is 1.30. The Morgan fingerprint density at radius 3 is 2.67 bits per heavy atom. The Labute approximate surface area is 195 Å². The van der Waals surface area contributed by atoms with Gasteiger partial charge in [0.25, 0.3) is 0 Å². The number of aliphatic hydroxyl groups is 1. The number of rotatable bonds is 5. The number of nitrogens with one attached hydrogen (secondary N) is 1. The van der Waals surface area contributed by atoms with Crippen molar-refractivity contribution in [2.45, 2.75) is 44.1 Å². The monoisotopic (exact) mass is 450 g/mol. The van der Waals surface area contributed by atoms with Crippen molar-refractivity contribution in [2.24, 2.45) is 11.0 Å². The van der Waals surface area contributed by atoms with Crippen molar-refractivity contribution < 1.29 is 9.90 Å². The first-order chi connectivity index (χ1) is 15.9. The van der Waals surface area contributed by atoms with Crippen LogP contribution in [0, 0.1) is 5.92 Å². The van der Waals surface area contributed by atoms with Crippen molar-refractivity contribution in [2.75, 3.05) is 34.2 Å². The quantitative estimate of drug-likeness (QED) is 0.715. The van der Waals surface area contributed by atoms with Crippen molar-refractivity contribution in [3.05, 3.63) is 53.6 Å². The first-order valence-corrected chi connectivity index (χ1v) is 11.9. The molecule has 2 N–H and O–H groups in total. The van der Waals surface area contributed by atoms with E-state index in [1.54, 1.807) is 0 Å². The summed E-state index contributed by atoms with van der Waals surface area (Å²) in [6.07, 6.45) is 9.67. The summed E-state index contributed by atoms with van der Waals surface area (Å²) in [7, 11) is 6.16. The number of amides is 1. The Kier molecular flexibility index (Phi) is 5.99. The molecule has 1 saturated heterocycles. The van der Waals surface area contributed by atoms with Gasteiger partial charge >= 0.3 is 0 Å². The van der Waals surface area contributed by atoms with Crippen LogP contribution in [0.1, 0.15) is 43.0 Å². The molecule has 4 aliphatic rings. The van der Waals surface area contributed by atoms with Gasteiger partial charge in [-0.25, -0.2) is 5.01 Å². The summed E-state index contributed by atoms with van der Waals surface area (Å²) in [6.45, 7) is 1.78. The van der Waals surface area contributed by atoms with Crippen LogP contribution in [0.4, 0.5) is 0 Å². The molecule has 0 radical (unpaired) electrons. The van der Waals surface area contributed by atoms with Gasteiger partial charge < -0.3 is 14.9 Å². The second-order valence-corrected chi connectivity index (χ2v) is 9.74. The van der Waals surface area contributed by atoms with Crippen molar-refractivity contribution in [3.8, 4) is 0 Å². The third-order valence-electron chi connectivity index (χ3n) is 7.16. The van der Waals surface area contributed by atoms with Crippen LogP contribution in [0.25, 0.3) is 5.70 Å². The third-order valence-corrected chi connectivity index (χ3v) is 7.16. The maximum absolute atomic E-state index is 12.3. The number of guanidine groups is 1. The van der Waals surface area contributed by atoms with Crippen LogP contribution < -0.4 is 5.32 Å². The van der Waals surface area contributed by atoms with E-state index in [2.05, 4.69) is 35.3 Å². The van der Waals surface area contributed by atoms with E-state index in [1.165, 1.54) is 6.42 Å². The van der Waals surface area contributed by atoms with Gasteiger partial charge in [0, 0.05) is 32.1 Å². The van der Waals surface area contributed by atoms with Crippen LogP contribution in [0.5, 0.6) is 0 Å². The molecule has 176 valence electrons. The molecule has 33 heavy (non-hydrogen) atoms. The lowest BCUT2D eigenvalue weighted by molar-refractivity contribution is -0.121. The van der Waals surface area contributed by atoms with Crippen LogP contribution in [0.3, 0.4) is 0 Å². The van der Waals surface area contributed by atoms with E-state index in [1.807, 2.05) is 53.4 Å². The van der Waals surface area contributed by atoms with E-state index < -0.39 is 6.23 Å². The van der Waals surface area contributed by atoms with Gasteiger partial charge in [-0.05, 0) is 63.1 Å². The molecule has 8 nitrogen and oxygen atoms in total. The molecule has 3 heterocycles. The molecule has 1 aliphatic carbocycles. The summed E-state index contributed by atoms with van der Waals surface area (Å²) < 4.78 is 0. The van der Waals surface area contributed by atoms with Gasteiger partial charge in [-0.2, -0.15) is 0 Å². The van der Waals surface area contributed by atoms with Gasteiger partial charge in [-0.3, -0.25) is 15.0 Å². The van der Waals surface area contributed by atoms with Gasteiger partial charge in [-0.1, -0.05) is 30.3 Å². The van der Waals surface area contributed by atoms with E-state index in [9.17, 15) is 9.90 Å². The van der Waals surface area contributed by atoms with Gasteiger partial charge in [0.1, 0.15) is 12.4 Å². The topological polar surface area (TPSA) is 74.6 Å². The number of carbonyl (C=O) groups excluding carboxylic acids is 1. The highest BCUT2D eigenvalue weighted by Crippen LogP contribution is 2.33. The smallest absolute Gasteiger partial charge is 0.229 e. The minimum atomic E-state index is -0.602. The SMILES string of the molecule is CN(C)C1CCCN(C(O)c2ccc(C3=CC=CC4N(C)C(NC(=O)C5CC5)=NN34)cc2)C1. The zero-order valence-electron chi connectivity index (χ0n) is 19.7. The molecular weight excluding hydrogens is 416 g/mol. The number of hydrogen-bond donors (Lipinski definition) is 2. The van der Waals surface area contributed by atoms with E-state index in [0.717, 1.165) is 49.2 Å².